The molecule has 0 bridgehead atoms. The van der Waals surface area contributed by atoms with Crippen molar-refractivity contribution < 1.29 is 14.1 Å². The van der Waals surface area contributed by atoms with Crippen molar-refractivity contribution >= 4 is 17.5 Å². The molecule has 0 saturated carbocycles. The number of rotatable bonds is 6. The number of hydrogen-bond acceptors (Lipinski definition) is 5. The molecule has 0 saturated heterocycles. The number of carbonyl (C=O) groups excluding carboxylic acids is 1. The molecule has 7 heteroatoms. The number of benzene rings is 2. The molecule has 1 N–H and O–H groups in total. The molecule has 3 aromatic rings. The fraction of sp³-hybridized carbons (Fsp3) is 0.211. The van der Waals surface area contributed by atoms with Crippen LogP contribution in [0.3, 0.4) is 0 Å². The van der Waals surface area contributed by atoms with Crippen molar-refractivity contribution in [2.75, 3.05) is 6.61 Å². The number of aryl methyl sites for hydroxylation is 1. The van der Waals surface area contributed by atoms with Gasteiger partial charge in [-0.15, -0.1) is 0 Å². The molecule has 1 heterocycles. The summed E-state index contributed by atoms with van der Waals surface area (Å²) in [4.78, 5) is 16.6. The lowest BCUT2D eigenvalue weighted by Crippen LogP contribution is -2.22. The fourth-order valence-electron chi connectivity index (χ4n) is 2.40. The SMILES string of the molecule is CCOc1ccc(C(=O)NCc2nc(-c3cccc(C)c3)no2)cc1Cl. The van der Waals surface area contributed by atoms with Gasteiger partial charge in [0.25, 0.3) is 5.91 Å². The number of carbonyl (C=O) groups is 1. The Labute approximate surface area is 156 Å². The molecule has 1 amide bonds. The molecule has 0 aliphatic carbocycles. The molecule has 0 radical (unpaired) electrons. The summed E-state index contributed by atoms with van der Waals surface area (Å²) in [7, 11) is 0. The molecule has 0 aliphatic rings. The van der Waals surface area contributed by atoms with E-state index < -0.39 is 0 Å². The van der Waals surface area contributed by atoms with Gasteiger partial charge < -0.3 is 14.6 Å². The van der Waals surface area contributed by atoms with Gasteiger partial charge in [-0.2, -0.15) is 4.98 Å². The summed E-state index contributed by atoms with van der Waals surface area (Å²) in [5.41, 5.74) is 2.40. The molecule has 2 aromatic carbocycles. The third-order valence-corrected chi connectivity index (χ3v) is 3.93. The summed E-state index contributed by atoms with van der Waals surface area (Å²) in [5.74, 6) is 1.07. The summed E-state index contributed by atoms with van der Waals surface area (Å²) in [5, 5.41) is 7.07. The number of aromatic nitrogens is 2. The van der Waals surface area contributed by atoms with Crippen molar-refractivity contribution in [2.45, 2.75) is 20.4 Å². The van der Waals surface area contributed by atoms with Gasteiger partial charge in [0.05, 0.1) is 18.2 Å². The van der Waals surface area contributed by atoms with E-state index in [2.05, 4.69) is 15.5 Å². The van der Waals surface area contributed by atoms with Gasteiger partial charge in [0.15, 0.2) is 0 Å². The highest BCUT2D eigenvalue weighted by molar-refractivity contribution is 6.32. The largest absolute Gasteiger partial charge is 0.492 e. The Morgan fingerprint density at radius 2 is 2.12 bits per heavy atom. The van der Waals surface area contributed by atoms with Crippen molar-refractivity contribution in [3.05, 3.63) is 64.5 Å². The normalized spacial score (nSPS) is 10.6. The molecule has 0 aliphatic heterocycles. The van der Waals surface area contributed by atoms with Gasteiger partial charge in [0.2, 0.25) is 11.7 Å². The predicted octanol–water partition coefficient (Wildman–Crippen LogP) is 4.03. The molecule has 0 atom stereocenters. The Hall–Kier alpha value is -2.86. The van der Waals surface area contributed by atoms with Crippen LogP contribution in [0.4, 0.5) is 0 Å². The van der Waals surface area contributed by atoms with Crippen LogP contribution in [0.1, 0.15) is 28.7 Å². The fourth-order valence-corrected chi connectivity index (χ4v) is 2.64. The van der Waals surface area contributed by atoms with Crippen LogP contribution in [0.5, 0.6) is 5.75 Å². The Kier molecular flexibility index (Phi) is 5.53. The first kappa shape index (κ1) is 17.9. The lowest BCUT2D eigenvalue weighted by Gasteiger charge is -2.07. The van der Waals surface area contributed by atoms with E-state index in [-0.39, 0.29) is 12.5 Å². The highest BCUT2D eigenvalue weighted by Gasteiger charge is 2.12. The smallest absolute Gasteiger partial charge is 0.251 e. The molecule has 1 aromatic heterocycles. The van der Waals surface area contributed by atoms with Gasteiger partial charge in [0, 0.05) is 11.1 Å². The summed E-state index contributed by atoms with van der Waals surface area (Å²) in [6.45, 7) is 4.49. The third kappa shape index (κ3) is 4.21. The summed E-state index contributed by atoms with van der Waals surface area (Å²) >= 11 is 6.11. The van der Waals surface area contributed by atoms with Crippen LogP contribution in [-0.4, -0.2) is 22.7 Å². The second-order valence-electron chi connectivity index (χ2n) is 5.64. The van der Waals surface area contributed by atoms with Gasteiger partial charge in [-0.3, -0.25) is 4.79 Å². The van der Waals surface area contributed by atoms with Crippen molar-refractivity contribution in [1.29, 1.82) is 0 Å². The Balaban J connectivity index is 1.64. The molecule has 0 fully saturated rings. The second kappa shape index (κ2) is 8.01. The average molecular weight is 372 g/mol. The predicted molar refractivity (Wildman–Crippen MR) is 98.3 cm³/mol. The number of halogens is 1. The van der Waals surface area contributed by atoms with Gasteiger partial charge in [0.1, 0.15) is 5.75 Å². The standard InChI is InChI=1S/C19H18ClN3O3/c1-3-25-16-8-7-14(10-15(16)20)19(24)21-11-17-22-18(23-26-17)13-6-4-5-12(2)9-13/h4-10H,3,11H2,1-2H3,(H,21,24). The van der Waals surface area contributed by atoms with Crippen LogP contribution in [0, 0.1) is 6.92 Å². The lowest BCUT2D eigenvalue weighted by molar-refractivity contribution is 0.0946. The topological polar surface area (TPSA) is 77.2 Å². The average Bonchev–Trinajstić information content (AvgIpc) is 3.10. The number of amides is 1. The van der Waals surface area contributed by atoms with Crippen molar-refractivity contribution in [1.82, 2.24) is 15.5 Å². The van der Waals surface area contributed by atoms with Crippen LogP contribution in [0.2, 0.25) is 5.02 Å². The zero-order chi connectivity index (χ0) is 18.5. The van der Waals surface area contributed by atoms with E-state index in [0.29, 0.717) is 34.7 Å². The molecular weight excluding hydrogens is 354 g/mol. The molecule has 0 unspecified atom stereocenters. The van der Waals surface area contributed by atoms with E-state index in [1.807, 2.05) is 38.1 Å². The highest BCUT2D eigenvalue weighted by Crippen LogP contribution is 2.25. The zero-order valence-corrected chi connectivity index (χ0v) is 15.2. The van der Waals surface area contributed by atoms with Crippen molar-refractivity contribution in [3.8, 4) is 17.1 Å². The van der Waals surface area contributed by atoms with Crippen LogP contribution in [0.15, 0.2) is 47.0 Å². The first-order valence-electron chi connectivity index (χ1n) is 8.17. The minimum atomic E-state index is -0.287. The van der Waals surface area contributed by atoms with Gasteiger partial charge >= 0.3 is 0 Å². The van der Waals surface area contributed by atoms with Gasteiger partial charge in [-0.05, 0) is 38.1 Å². The van der Waals surface area contributed by atoms with E-state index in [9.17, 15) is 4.79 Å². The first-order valence-corrected chi connectivity index (χ1v) is 8.55. The Bertz CT molecular complexity index is 924. The number of ether oxygens (including phenoxy) is 1. The Morgan fingerprint density at radius 3 is 2.85 bits per heavy atom. The molecule has 0 spiro atoms. The van der Waals surface area contributed by atoms with Crippen LogP contribution in [-0.2, 0) is 6.54 Å². The number of nitrogens with one attached hydrogen (secondary N) is 1. The summed E-state index contributed by atoms with van der Waals surface area (Å²) < 4.78 is 10.6. The van der Waals surface area contributed by atoms with Crippen LogP contribution >= 0.6 is 11.6 Å². The van der Waals surface area contributed by atoms with Crippen LogP contribution in [0.25, 0.3) is 11.4 Å². The molecule has 134 valence electrons. The van der Waals surface area contributed by atoms with E-state index in [4.69, 9.17) is 20.9 Å². The zero-order valence-electron chi connectivity index (χ0n) is 14.5. The minimum absolute atomic E-state index is 0.127. The first-order chi connectivity index (χ1) is 12.6. The van der Waals surface area contributed by atoms with E-state index in [1.165, 1.54) is 0 Å². The second-order valence-corrected chi connectivity index (χ2v) is 6.05. The molecule has 26 heavy (non-hydrogen) atoms. The summed E-state index contributed by atoms with van der Waals surface area (Å²) in [6, 6.07) is 12.7. The maximum absolute atomic E-state index is 12.3. The maximum Gasteiger partial charge on any atom is 0.251 e. The molecule has 3 rings (SSSR count). The van der Waals surface area contributed by atoms with E-state index >= 15 is 0 Å². The van der Waals surface area contributed by atoms with Crippen molar-refractivity contribution in [3.63, 3.8) is 0 Å². The van der Waals surface area contributed by atoms with Gasteiger partial charge in [-0.25, -0.2) is 0 Å². The van der Waals surface area contributed by atoms with Crippen molar-refractivity contribution in [2.24, 2.45) is 0 Å². The number of nitrogens with zero attached hydrogens (tertiary/aromatic N) is 2. The maximum atomic E-state index is 12.3. The third-order valence-electron chi connectivity index (χ3n) is 3.64. The van der Waals surface area contributed by atoms with E-state index in [0.717, 1.165) is 11.1 Å². The van der Waals surface area contributed by atoms with Gasteiger partial charge in [-0.1, -0.05) is 40.5 Å². The Morgan fingerprint density at radius 1 is 1.27 bits per heavy atom. The summed E-state index contributed by atoms with van der Waals surface area (Å²) in [6.07, 6.45) is 0. The molecular formula is C19H18ClN3O3. The number of hydrogen-bond donors (Lipinski definition) is 1. The quantitative estimate of drug-likeness (QED) is 0.707. The monoisotopic (exact) mass is 371 g/mol. The minimum Gasteiger partial charge on any atom is -0.492 e. The highest BCUT2D eigenvalue weighted by atomic mass is 35.5. The lowest BCUT2D eigenvalue weighted by atomic mass is 10.1. The van der Waals surface area contributed by atoms with E-state index in [1.54, 1.807) is 18.2 Å². The molecule has 6 nitrogen and oxygen atoms in total. The van der Waals surface area contributed by atoms with Crippen LogP contribution < -0.4 is 10.1 Å².